The molecule has 168 valence electrons. The lowest BCUT2D eigenvalue weighted by molar-refractivity contribution is -0.151. The number of anilines is 2. The summed E-state index contributed by atoms with van der Waals surface area (Å²) in [6.07, 6.45) is 0.732. The Morgan fingerprint density at radius 1 is 1.03 bits per heavy atom. The van der Waals surface area contributed by atoms with Crippen LogP contribution in [-0.4, -0.2) is 43.5 Å². The predicted molar refractivity (Wildman–Crippen MR) is 118 cm³/mol. The van der Waals surface area contributed by atoms with Crippen molar-refractivity contribution in [2.45, 2.75) is 26.7 Å². The van der Waals surface area contributed by atoms with Crippen molar-refractivity contribution in [1.29, 1.82) is 0 Å². The zero-order valence-electron chi connectivity index (χ0n) is 18.1. The molecule has 1 aliphatic heterocycles. The molecule has 2 aromatic rings. The Hall–Kier alpha value is -3.68. The highest BCUT2D eigenvalue weighted by Gasteiger charge is 2.36. The molecule has 2 amide bonds. The van der Waals surface area contributed by atoms with Gasteiger partial charge in [0.1, 0.15) is 0 Å². The molecule has 2 aromatic carbocycles. The third kappa shape index (κ3) is 5.94. The maximum atomic E-state index is 12.4. The highest BCUT2D eigenvalue weighted by molar-refractivity contribution is 6.00. The normalized spacial score (nSPS) is 15.4. The van der Waals surface area contributed by atoms with Gasteiger partial charge in [-0.3, -0.25) is 14.4 Å². The fraction of sp³-hybridized carbons (Fsp3) is 0.333. The molecular formula is C24H26N2O6. The predicted octanol–water partition coefficient (Wildman–Crippen LogP) is 3.10. The van der Waals surface area contributed by atoms with Crippen LogP contribution < -0.4 is 10.2 Å². The second-order valence-electron chi connectivity index (χ2n) is 7.61. The van der Waals surface area contributed by atoms with E-state index in [1.807, 2.05) is 26.0 Å². The number of nitrogens with zero attached hydrogens (tertiary/aromatic N) is 1. The zero-order valence-corrected chi connectivity index (χ0v) is 18.1. The minimum atomic E-state index is -0.663. The average molecular weight is 438 g/mol. The smallest absolute Gasteiger partial charge is 0.338 e. The Bertz CT molecular complexity index is 985. The highest BCUT2D eigenvalue weighted by Crippen LogP contribution is 2.26. The monoisotopic (exact) mass is 438 g/mol. The van der Waals surface area contributed by atoms with Gasteiger partial charge in [0.15, 0.2) is 6.61 Å². The molecular weight excluding hydrogens is 412 g/mol. The fourth-order valence-corrected chi connectivity index (χ4v) is 3.26. The van der Waals surface area contributed by atoms with Gasteiger partial charge in [0.2, 0.25) is 5.91 Å². The van der Waals surface area contributed by atoms with E-state index in [1.54, 1.807) is 36.4 Å². The van der Waals surface area contributed by atoms with E-state index in [1.165, 1.54) is 4.90 Å². The molecule has 1 heterocycles. The standard InChI is InChI=1S/C24H26N2O6/c1-3-12-31-23(29)17-6-10-20(11-7-17)26-14-18(13-22(26)28)24(30)32-15-21(27)25-19-8-4-16(2)5-9-19/h4-11,18H,3,12-15H2,1-2H3,(H,25,27)/t18-/m0/s1. The Morgan fingerprint density at radius 3 is 2.38 bits per heavy atom. The molecule has 1 fully saturated rings. The molecule has 0 aliphatic carbocycles. The van der Waals surface area contributed by atoms with Crippen molar-refractivity contribution in [1.82, 2.24) is 0 Å². The first-order valence-corrected chi connectivity index (χ1v) is 10.5. The van der Waals surface area contributed by atoms with E-state index >= 15 is 0 Å². The lowest BCUT2D eigenvalue weighted by Crippen LogP contribution is -2.28. The molecule has 8 heteroatoms. The highest BCUT2D eigenvalue weighted by atomic mass is 16.5. The van der Waals surface area contributed by atoms with E-state index in [-0.39, 0.29) is 18.9 Å². The SMILES string of the molecule is CCCOC(=O)c1ccc(N2C[C@@H](C(=O)OCC(=O)Nc3ccc(C)cc3)CC2=O)cc1. The molecule has 0 radical (unpaired) electrons. The van der Waals surface area contributed by atoms with E-state index in [4.69, 9.17) is 9.47 Å². The summed E-state index contributed by atoms with van der Waals surface area (Å²) in [4.78, 5) is 50.2. The summed E-state index contributed by atoms with van der Waals surface area (Å²) < 4.78 is 10.2. The van der Waals surface area contributed by atoms with Crippen LogP contribution in [0.1, 0.15) is 35.7 Å². The third-order valence-corrected chi connectivity index (χ3v) is 4.99. The summed E-state index contributed by atoms with van der Waals surface area (Å²) in [5, 5.41) is 2.65. The maximum absolute atomic E-state index is 12.4. The van der Waals surface area contributed by atoms with Crippen LogP contribution in [0.3, 0.4) is 0 Å². The minimum Gasteiger partial charge on any atom is -0.462 e. The molecule has 0 aromatic heterocycles. The Labute approximate surface area is 186 Å². The van der Waals surface area contributed by atoms with Crippen molar-refractivity contribution < 1.29 is 28.7 Å². The Balaban J connectivity index is 1.51. The van der Waals surface area contributed by atoms with E-state index < -0.39 is 30.4 Å². The number of aryl methyl sites for hydroxylation is 1. The number of rotatable bonds is 8. The van der Waals surface area contributed by atoms with Gasteiger partial charge in [-0.05, 0) is 49.7 Å². The number of amides is 2. The first-order valence-electron chi connectivity index (χ1n) is 10.5. The van der Waals surface area contributed by atoms with Gasteiger partial charge >= 0.3 is 11.9 Å². The quantitative estimate of drug-likeness (QED) is 0.636. The van der Waals surface area contributed by atoms with Gasteiger partial charge in [0.25, 0.3) is 5.91 Å². The topological polar surface area (TPSA) is 102 Å². The van der Waals surface area contributed by atoms with Crippen LogP contribution in [-0.2, 0) is 23.9 Å². The summed E-state index contributed by atoms with van der Waals surface area (Å²) in [6, 6.07) is 13.7. The van der Waals surface area contributed by atoms with Crippen molar-refractivity contribution in [2.24, 2.45) is 5.92 Å². The largest absolute Gasteiger partial charge is 0.462 e. The number of esters is 2. The maximum Gasteiger partial charge on any atom is 0.338 e. The number of carbonyl (C=O) groups is 4. The molecule has 1 N–H and O–H groups in total. The van der Waals surface area contributed by atoms with E-state index in [9.17, 15) is 19.2 Å². The van der Waals surface area contributed by atoms with Gasteiger partial charge in [-0.1, -0.05) is 24.6 Å². The van der Waals surface area contributed by atoms with Gasteiger partial charge < -0.3 is 19.7 Å². The van der Waals surface area contributed by atoms with Crippen LogP contribution in [0.5, 0.6) is 0 Å². The van der Waals surface area contributed by atoms with Gasteiger partial charge in [-0.25, -0.2) is 4.79 Å². The number of nitrogens with one attached hydrogen (secondary N) is 1. The number of ether oxygens (including phenoxy) is 2. The van der Waals surface area contributed by atoms with Crippen LogP contribution in [0.2, 0.25) is 0 Å². The summed E-state index contributed by atoms with van der Waals surface area (Å²) in [7, 11) is 0. The zero-order chi connectivity index (χ0) is 23.1. The summed E-state index contributed by atoms with van der Waals surface area (Å²) >= 11 is 0. The Morgan fingerprint density at radius 2 is 1.72 bits per heavy atom. The lowest BCUT2D eigenvalue weighted by Gasteiger charge is -2.17. The first kappa shape index (κ1) is 23.0. The second kappa shape index (κ2) is 10.6. The number of hydrogen-bond donors (Lipinski definition) is 1. The van der Waals surface area contributed by atoms with Gasteiger partial charge in [-0.15, -0.1) is 0 Å². The molecule has 8 nitrogen and oxygen atoms in total. The summed E-state index contributed by atoms with van der Waals surface area (Å²) in [5.41, 5.74) is 2.65. The summed E-state index contributed by atoms with van der Waals surface area (Å²) in [6.45, 7) is 3.92. The second-order valence-corrected chi connectivity index (χ2v) is 7.61. The summed E-state index contributed by atoms with van der Waals surface area (Å²) in [5.74, 6) is -2.36. The number of benzene rings is 2. The van der Waals surface area contributed by atoms with Crippen molar-refractivity contribution in [2.75, 3.05) is 30.0 Å². The minimum absolute atomic E-state index is 0.00128. The molecule has 0 bridgehead atoms. The lowest BCUT2D eigenvalue weighted by atomic mass is 10.1. The van der Waals surface area contributed by atoms with E-state index in [0.717, 1.165) is 12.0 Å². The van der Waals surface area contributed by atoms with E-state index in [2.05, 4.69) is 5.32 Å². The van der Waals surface area contributed by atoms with Crippen molar-refractivity contribution in [3.63, 3.8) is 0 Å². The number of carbonyl (C=O) groups excluding carboxylic acids is 4. The first-order chi connectivity index (χ1) is 15.4. The van der Waals surface area contributed by atoms with Gasteiger partial charge in [0, 0.05) is 24.3 Å². The average Bonchev–Trinajstić information content (AvgIpc) is 3.19. The molecule has 0 unspecified atom stereocenters. The van der Waals surface area contributed by atoms with Crippen LogP contribution in [0.4, 0.5) is 11.4 Å². The van der Waals surface area contributed by atoms with Crippen molar-refractivity contribution in [3.05, 3.63) is 59.7 Å². The van der Waals surface area contributed by atoms with Crippen molar-refractivity contribution in [3.8, 4) is 0 Å². The Kier molecular flexibility index (Phi) is 7.59. The van der Waals surface area contributed by atoms with Crippen molar-refractivity contribution >= 4 is 35.1 Å². The van der Waals surface area contributed by atoms with E-state index in [0.29, 0.717) is 23.5 Å². The molecule has 3 rings (SSSR count). The molecule has 1 atom stereocenters. The molecule has 1 saturated heterocycles. The molecule has 0 saturated carbocycles. The number of hydrogen-bond acceptors (Lipinski definition) is 6. The van der Waals surface area contributed by atoms with Crippen LogP contribution >= 0.6 is 0 Å². The van der Waals surface area contributed by atoms with Gasteiger partial charge in [0.05, 0.1) is 18.1 Å². The molecule has 1 aliphatic rings. The molecule has 32 heavy (non-hydrogen) atoms. The van der Waals surface area contributed by atoms with Crippen LogP contribution in [0.25, 0.3) is 0 Å². The third-order valence-electron chi connectivity index (χ3n) is 4.99. The molecule has 0 spiro atoms. The van der Waals surface area contributed by atoms with Gasteiger partial charge in [-0.2, -0.15) is 0 Å². The van der Waals surface area contributed by atoms with Crippen LogP contribution in [0, 0.1) is 12.8 Å². The van der Waals surface area contributed by atoms with Crippen LogP contribution in [0.15, 0.2) is 48.5 Å². The fourth-order valence-electron chi connectivity index (χ4n) is 3.26.